The van der Waals surface area contributed by atoms with Crippen LogP contribution in [0.1, 0.15) is 69.6 Å². The first-order valence-electron chi connectivity index (χ1n) is 8.42. The number of hydrogen-bond acceptors (Lipinski definition) is 4. The average molecular weight is 308 g/mol. The van der Waals surface area contributed by atoms with E-state index in [-0.39, 0.29) is 5.41 Å². The molecule has 1 saturated heterocycles. The summed E-state index contributed by atoms with van der Waals surface area (Å²) in [6.45, 7) is 8.77. The number of nitrogens with two attached hydrogens (primary N) is 1. The summed E-state index contributed by atoms with van der Waals surface area (Å²) >= 11 is 1.83. The van der Waals surface area contributed by atoms with E-state index in [0.29, 0.717) is 12.0 Å². The van der Waals surface area contributed by atoms with Gasteiger partial charge in [-0.15, -0.1) is 11.3 Å². The summed E-state index contributed by atoms with van der Waals surface area (Å²) in [5, 5.41) is 3.56. The molecule has 2 N–H and O–H groups in total. The van der Waals surface area contributed by atoms with Crippen molar-refractivity contribution >= 4 is 11.3 Å². The SMILES string of the molecule is CC(C)(C)c1nc(C2C(CN)CCCCN2C2CC2)cs1. The van der Waals surface area contributed by atoms with E-state index in [4.69, 9.17) is 10.7 Å². The molecule has 4 heteroatoms. The fourth-order valence-corrected chi connectivity index (χ4v) is 4.45. The second-order valence-electron chi connectivity index (χ2n) is 7.73. The monoisotopic (exact) mass is 307 g/mol. The predicted octanol–water partition coefficient (Wildman–Crippen LogP) is 3.70. The van der Waals surface area contributed by atoms with Crippen LogP contribution in [-0.2, 0) is 5.41 Å². The molecule has 1 aromatic heterocycles. The first kappa shape index (κ1) is 15.4. The molecule has 2 heterocycles. The number of rotatable bonds is 3. The van der Waals surface area contributed by atoms with Crippen LogP contribution in [0.2, 0.25) is 0 Å². The molecule has 0 aromatic carbocycles. The predicted molar refractivity (Wildman–Crippen MR) is 89.7 cm³/mol. The minimum atomic E-state index is 0.149. The third-order valence-corrected chi connectivity index (χ3v) is 6.12. The minimum Gasteiger partial charge on any atom is -0.330 e. The maximum absolute atomic E-state index is 6.12. The van der Waals surface area contributed by atoms with Crippen molar-refractivity contribution in [2.45, 2.75) is 70.4 Å². The van der Waals surface area contributed by atoms with Crippen LogP contribution in [0.25, 0.3) is 0 Å². The highest BCUT2D eigenvalue weighted by atomic mass is 32.1. The van der Waals surface area contributed by atoms with Gasteiger partial charge in [-0.2, -0.15) is 0 Å². The van der Waals surface area contributed by atoms with Gasteiger partial charge in [0.25, 0.3) is 0 Å². The fraction of sp³-hybridized carbons (Fsp3) is 0.824. The molecule has 2 fully saturated rings. The molecule has 0 radical (unpaired) electrons. The van der Waals surface area contributed by atoms with Crippen LogP contribution in [0.3, 0.4) is 0 Å². The topological polar surface area (TPSA) is 42.1 Å². The molecule has 2 atom stereocenters. The van der Waals surface area contributed by atoms with Gasteiger partial charge in [-0.1, -0.05) is 27.2 Å². The Morgan fingerprint density at radius 3 is 2.62 bits per heavy atom. The molecule has 1 saturated carbocycles. The zero-order valence-corrected chi connectivity index (χ0v) is 14.5. The van der Waals surface area contributed by atoms with Crippen molar-refractivity contribution in [3.63, 3.8) is 0 Å². The third kappa shape index (κ3) is 3.33. The standard InChI is InChI=1S/C17H29N3S/c1-17(2,3)16-19-14(11-21-16)15-12(10-18)6-4-5-9-20(15)13-7-8-13/h11-13,15H,4-10,18H2,1-3H3. The Hall–Kier alpha value is -0.450. The van der Waals surface area contributed by atoms with Crippen LogP contribution in [0.15, 0.2) is 5.38 Å². The van der Waals surface area contributed by atoms with E-state index in [2.05, 4.69) is 31.1 Å². The van der Waals surface area contributed by atoms with Gasteiger partial charge in [0, 0.05) is 16.8 Å². The van der Waals surface area contributed by atoms with E-state index in [9.17, 15) is 0 Å². The smallest absolute Gasteiger partial charge is 0.0982 e. The Morgan fingerprint density at radius 1 is 1.29 bits per heavy atom. The van der Waals surface area contributed by atoms with Gasteiger partial charge >= 0.3 is 0 Å². The molecule has 2 aliphatic rings. The first-order chi connectivity index (χ1) is 10.0. The molecule has 1 aliphatic heterocycles. The molecule has 1 aliphatic carbocycles. The first-order valence-corrected chi connectivity index (χ1v) is 9.30. The molecule has 2 unspecified atom stereocenters. The zero-order valence-electron chi connectivity index (χ0n) is 13.6. The maximum atomic E-state index is 6.12. The van der Waals surface area contributed by atoms with Crippen molar-refractivity contribution in [1.82, 2.24) is 9.88 Å². The summed E-state index contributed by atoms with van der Waals surface area (Å²) in [5.74, 6) is 0.572. The number of hydrogen-bond donors (Lipinski definition) is 1. The molecule has 0 bridgehead atoms. The number of aromatic nitrogens is 1. The van der Waals surface area contributed by atoms with Crippen LogP contribution < -0.4 is 5.73 Å². The Bertz CT molecular complexity index is 473. The van der Waals surface area contributed by atoms with Gasteiger partial charge in [0.1, 0.15) is 0 Å². The molecule has 21 heavy (non-hydrogen) atoms. The van der Waals surface area contributed by atoms with Crippen LogP contribution >= 0.6 is 11.3 Å². The normalized spacial score (nSPS) is 28.6. The second kappa shape index (κ2) is 5.98. The van der Waals surface area contributed by atoms with Crippen molar-refractivity contribution in [3.05, 3.63) is 16.1 Å². The van der Waals surface area contributed by atoms with Gasteiger partial charge in [0.15, 0.2) is 0 Å². The van der Waals surface area contributed by atoms with E-state index < -0.39 is 0 Å². The fourth-order valence-electron chi connectivity index (χ4n) is 3.51. The minimum absolute atomic E-state index is 0.149. The highest BCUT2D eigenvalue weighted by Crippen LogP contribution is 2.42. The highest BCUT2D eigenvalue weighted by Gasteiger charge is 2.40. The van der Waals surface area contributed by atoms with Gasteiger partial charge in [0.2, 0.25) is 0 Å². The van der Waals surface area contributed by atoms with Gasteiger partial charge in [-0.25, -0.2) is 4.98 Å². The number of likely N-dealkylation sites (tertiary alicyclic amines) is 1. The van der Waals surface area contributed by atoms with Gasteiger partial charge in [0.05, 0.1) is 16.7 Å². The Balaban J connectivity index is 1.91. The largest absolute Gasteiger partial charge is 0.330 e. The summed E-state index contributed by atoms with van der Waals surface area (Å²) in [6, 6.07) is 1.25. The van der Waals surface area contributed by atoms with E-state index in [1.54, 1.807) is 0 Å². The van der Waals surface area contributed by atoms with E-state index in [1.807, 2.05) is 11.3 Å². The highest BCUT2D eigenvalue weighted by molar-refractivity contribution is 7.09. The molecule has 118 valence electrons. The van der Waals surface area contributed by atoms with Crippen molar-refractivity contribution in [1.29, 1.82) is 0 Å². The lowest BCUT2D eigenvalue weighted by Crippen LogP contribution is -2.37. The van der Waals surface area contributed by atoms with Crippen molar-refractivity contribution in [2.24, 2.45) is 11.7 Å². The van der Waals surface area contributed by atoms with E-state index in [0.717, 1.165) is 12.6 Å². The molecule has 3 nitrogen and oxygen atoms in total. The van der Waals surface area contributed by atoms with Crippen molar-refractivity contribution in [2.75, 3.05) is 13.1 Å². The summed E-state index contributed by atoms with van der Waals surface area (Å²) in [6.07, 6.45) is 6.62. The molecule has 1 aromatic rings. The van der Waals surface area contributed by atoms with Crippen molar-refractivity contribution in [3.8, 4) is 0 Å². The summed E-state index contributed by atoms with van der Waals surface area (Å²) in [7, 11) is 0. The van der Waals surface area contributed by atoms with E-state index in [1.165, 1.54) is 49.4 Å². The lowest BCUT2D eigenvalue weighted by atomic mass is 9.92. The summed E-state index contributed by atoms with van der Waals surface area (Å²) in [5.41, 5.74) is 7.56. The molecule has 0 amide bonds. The summed E-state index contributed by atoms with van der Waals surface area (Å²) in [4.78, 5) is 7.75. The second-order valence-corrected chi connectivity index (χ2v) is 8.59. The zero-order chi connectivity index (χ0) is 15.0. The van der Waals surface area contributed by atoms with Gasteiger partial charge in [-0.3, -0.25) is 4.90 Å². The maximum Gasteiger partial charge on any atom is 0.0982 e. The third-order valence-electron chi connectivity index (χ3n) is 4.83. The lowest BCUT2D eigenvalue weighted by Gasteiger charge is -2.33. The van der Waals surface area contributed by atoms with Gasteiger partial charge in [-0.05, 0) is 44.7 Å². The van der Waals surface area contributed by atoms with Gasteiger partial charge < -0.3 is 5.73 Å². The van der Waals surface area contributed by atoms with Crippen LogP contribution in [0.5, 0.6) is 0 Å². The molecule has 3 rings (SSSR count). The van der Waals surface area contributed by atoms with Crippen LogP contribution in [-0.4, -0.2) is 29.0 Å². The summed E-state index contributed by atoms with van der Waals surface area (Å²) < 4.78 is 0. The van der Waals surface area contributed by atoms with Crippen LogP contribution in [0.4, 0.5) is 0 Å². The quantitative estimate of drug-likeness (QED) is 0.925. The Labute approximate surface area is 132 Å². The van der Waals surface area contributed by atoms with Crippen molar-refractivity contribution < 1.29 is 0 Å². The lowest BCUT2D eigenvalue weighted by molar-refractivity contribution is 0.146. The Kier molecular flexibility index (Phi) is 4.40. The molecular weight excluding hydrogens is 278 g/mol. The number of thiazole rings is 1. The van der Waals surface area contributed by atoms with Crippen LogP contribution in [0, 0.1) is 5.92 Å². The number of nitrogens with zero attached hydrogens (tertiary/aromatic N) is 2. The van der Waals surface area contributed by atoms with E-state index >= 15 is 0 Å². The average Bonchev–Trinajstić information content (AvgIpc) is 3.18. The Morgan fingerprint density at radius 2 is 2.05 bits per heavy atom. The molecular formula is C17H29N3S. The molecule has 0 spiro atoms.